The molecule has 0 atom stereocenters. The van der Waals surface area contributed by atoms with E-state index in [0.29, 0.717) is 4.31 Å². The summed E-state index contributed by atoms with van der Waals surface area (Å²) in [6.07, 6.45) is 0. The summed E-state index contributed by atoms with van der Waals surface area (Å²) >= 11 is 6.05. The van der Waals surface area contributed by atoms with Crippen LogP contribution in [0.1, 0.15) is 24.2 Å². The second kappa shape index (κ2) is 6.64. The molecule has 1 heterocycles. The van der Waals surface area contributed by atoms with Gasteiger partial charge in [0.25, 0.3) is 5.91 Å². The van der Waals surface area contributed by atoms with E-state index in [1.807, 2.05) is 0 Å². The van der Waals surface area contributed by atoms with E-state index >= 15 is 0 Å². The minimum absolute atomic E-state index is 0.0131. The average molecular weight is 389 g/mol. The summed E-state index contributed by atoms with van der Waals surface area (Å²) in [6, 6.07) is 3.88. The van der Waals surface area contributed by atoms with Crippen molar-refractivity contribution in [1.29, 1.82) is 0 Å². The van der Waals surface area contributed by atoms with Gasteiger partial charge in [-0.1, -0.05) is 11.6 Å². The van der Waals surface area contributed by atoms with Crippen LogP contribution in [0, 0.1) is 5.41 Å². The summed E-state index contributed by atoms with van der Waals surface area (Å²) < 4.78 is 29.8. The number of sulfonamides is 1. The molecule has 0 saturated carbocycles. The fourth-order valence-electron chi connectivity index (χ4n) is 2.38. The van der Waals surface area contributed by atoms with Crippen LogP contribution in [0.25, 0.3) is 0 Å². The standard InChI is InChI=1S/C15H17ClN2O6S/c1-15(2)8-25(22,23)18(14(15)21)11-6-9(4-5-10(11)16)13(20)17-7-12(19)24-3/h4-6H,7-8H2,1-3H3,(H,17,20). The second-order valence-electron chi connectivity index (χ2n) is 6.13. The minimum Gasteiger partial charge on any atom is -0.468 e. The van der Waals surface area contributed by atoms with Crippen molar-refractivity contribution in [3.63, 3.8) is 0 Å². The van der Waals surface area contributed by atoms with Gasteiger partial charge in [-0.15, -0.1) is 0 Å². The van der Waals surface area contributed by atoms with Crippen molar-refractivity contribution in [2.24, 2.45) is 5.41 Å². The Kier molecular flexibility index (Phi) is 5.10. The molecule has 1 aromatic carbocycles. The largest absolute Gasteiger partial charge is 0.468 e. The van der Waals surface area contributed by atoms with E-state index in [4.69, 9.17) is 11.6 Å². The Balaban J connectivity index is 2.38. The Morgan fingerprint density at radius 2 is 2.00 bits per heavy atom. The lowest BCUT2D eigenvalue weighted by atomic mass is 9.95. The number of hydrogen-bond donors (Lipinski definition) is 1. The highest BCUT2D eigenvalue weighted by Gasteiger charge is 2.50. The molecule has 1 fully saturated rings. The molecule has 0 spiro atoms. The number of anilines is 1. The first-order valence-electron chi connectivity index (χ1n) is 7.21. The van der Waals surface area contributed by atoms with Gasteiger partial charge in [0.15, 0.2) is 0 Å². The zero-order valence-corrected chi connectivity index (χ0v) is 15.4. The summed E-state index contributed by atoms with van der Waals surface area (Å²) in [5.41, 5.74) is -1.13. The normalized spacial score (nSPS) is 18.1. The molecule has 1 aromatic rings. The summed E-state index contributed by atoms with van der Waals surface area (Å²) in [5.74, 6) is -2.25. The second-order valence-corrected chi connectivity index (χ2v) is 8.36. The Hall–Kier alpha value is -2.13. The third-order valence-electron chi connectivity index (χ3n) is 3.63. The lowest BCUT2D eigenvalue weighted by molar-refractivity contribution is -0.139. The van der Waals surface area contributed by atoms with Crippen LogP contribution in [0.15, 0.2) is 18.2 Å². The summed E-state index contributed by atoms with van der Waals surface area (Å²) in [4.78, 5) is 35.6. The monoisotopic (exact) mass is 388 g/mol. The molecule has 1 saturated heterocycles. The molecule has 1 aliphatic rings. The van der Waals surface area contributed by atoms with Crippen molar-refractivity contribution in [3.8, 4) is 0 Å². The van der Waals surface area contributed by atoms with Gasteiger partial charge in [0.05, 0.1) is 29.0 Å². The van der Waals surface area contributed by atoms with E-state index in [-0.39, 0.29) is 28.6 Å². The molecule has 2 amide bonds. The van der Waals surface area contributed by atoms with Crippen LogP contribution >= 0.6 is 11.6 Å². The van der Waals surface area contributed by atoms with Gasteiger partial charge in [-0.2, -0.15) is 0 Å². The molecule has 1 aliphatic heterocycles. The molecule has 0 aromatic heterocycles. The lowest BCUT2D eigenvalue weighted by Gasteiger charge is -2.19. The number of esters is 1. The summed E-state index contributed by atoms with van der Waals surface area (Å²) in [5, 5.41) is 2.34. The molecule has 0 radical (unpaired) electrons. The van der Waals surface area contributed by atoms with Crippen LogP contribution < -0.4 is 9.62 Å². The Labute approximate surface area is 150 Å². The van der Waals surface area contributed by atoms with Crippen LogP contribution in [0.3, 0.4) is 0 Å². The molecule has 0 unspecified atom stereocenters. The van der Waals surface area contributed by atoms with E-state index in [1.54, 1.807) is 0 Å². The summed E-state index contributed by atoms with van der Waals surface area (Å²) in [7, 11) is -2.72. The van der Waals surface area contributed by atoms with Gasteiger partial charge in [0.2, 0.25) is 15.9 Å². The average Bonchev–Trinajstić information content (AvgIpc) is 2.68. The zero-order valence-electron chi connectivity index (χ0n) is 13.8. The number of benzene rings is 1. The molecule has 10 heteroatoms. The highest BCUT2D eigenvalue weighted by molar-refractivity contribution is 7.94. The van der Waals surface area contributed by atoms with Gasteiger partial charge in [-0.05, 0) is 32.0 Å². The van der Waals surface area contributed by atoms with E-state index in [9.17, 15) is 22.8 Å². The number of carbonyl (C=O) groups is 3. The minimum atomic E-state index is -3.90. The molecular formula is C15H17ClN2O6S. The highest BCUT2D eigenvalue weighted by Crippen LogP contribution is 2.39. The van der Waals surface area contributed by atoms with Gasteiger partial charge < -0.3 is 10.1 Å². The van der Waals surface area contributed by atoms with Crippen molar-refractivity contribution in [3.05, 3.63) is 28.8 Å². The topological polar surface area (TPSA) is 110 Å². The van der Waals surface area contributed by atoms with Gasteiger partial charge in [0.1, 0.15) is 6.54 Å². The third-order valence-corrected chi connectivity index (χ3v) is 5.96. The molecule has 2 rings (SSSR count). The van der Waals surface area contributed by atoms with E-state index in [0.717, 1.165) is 0 Å². The molecule has 0 aliphatic carbocycles. The number of amides is 2. The SMILES string of the molecule is COC(=O)CNC(=O)c1ccc(Cl)c(N2C(=O)C(C)(C)CS2(=O)=O)c1. The number of carbonyl (C=O) groups excluding carboxylic acids is 3. The summed E-state index contributed by atoms with van der Waals surface area (Å²) in [6.45, 7) is 2.70. The molecule has 25 heavy (non-hydrogen) atoms. The fraction of sp³-hybridized carbons (Fsp3) is 0.400. The van der Waals surface area contributed by atoms with Crippen molar-refractivity contribution in [1.82, 2.24) is 5.32 Å². The Morgan fingerprint density at radius 1 is 1.36 bits per heavy atom. The predicted octanol–water partition coefficient (Wildman–Crippen LogP) is 0.945. The first-order chi connectivity index (χ1) is 11.5. The number of halogens is 1. The highest BCUT2D eigenvalue weighted by atomic mass is 35.5. The third kappa shape index (κ3) is 3.77. The van der Waals surface area contributed by atoms with Gasteiger partial charge in [-0.3, -0.25) is 14.4 Å². The van der Waals surface area contributed by atoms with Crippen LogP contribution in [0.4, 0.5) is 5.69 Å². The Morgan fingerprint density at radius 3 is 2.52 bits per heavy atom. The number of rotatable bonds is 4. The number of methoxy groups -OCH3 is 1. The van der Waals surface area contributed by atoms with Gasteiger partial charge in [-0.25, -0.2) is 12.7 Å². The lowest BCUT2D eigenvalue weighted by Crippen LogP contribution is -2.34. The molecule has 0 bridgehead atoms. The molecule has 136 valence electrons. The van der Waals surface area contributed by atoms with Crippen molar-refractivity contribution in [2.75, 3.05) is 23.7 Å². The number of nitrogens with zero attached hydrogens (tertiary/aromatic N) is 1. The molecule has 8 nitrogen and oxygen atoms in total. The van der Waals surface area contributed by atoms with Crippen LogP contribution in [0.5, 0.6) is 0 Å². The van der Waals surface area contributed by atoms with E-state index < -0.39 is 33.2 Å². The quantitative estimate of drug-likeness (QED) is 0.769. The maximum atomic E-state index is 12.5. The number of hydrogen-bond acceptors (Lipinski definition) is 6. The maximum Gasteiger partial charge on any atom is 0.325 e. The first kappa shape index (κ1) is 19.2. The van der Waals surface area contributed by atoms with Crippen molar-refractivity contribution in [2.45, 2.75) is 13.8 Å². The maximum absolute atomic E-state index is 12.5. The fourth-order valence-corrected chi connectivity index (χ4v) is 4.75. The van der Waals surface area contributed by atoms with Gasteiger partial charge >= 0.3 is 5.97 Å². The van der Waals surface area contributed by atoms with Crippen LogP contribution in [-0.4, -0.2) is 45.6 Å². The van der Waals surface area contributed by atoms with E-state index in [1.165, 1.54) is 39.2 Å². The zero-order chi connectivity index (χ0) is 19.0. The molecule has 1 N–H and O–H groups in total. The van der Waals surface area contributed by atoms with Gasteiger partial charge in [0, 0.05) is 5.56 Å². The Bertz CT molecular complexity index is 850. The van der Waals surface area contributed by atoms with E-state index in [2.05, 4.69) is 10.1 Å². The van der Waals surface area contributed by atoms with Crippen molar-refractivity contribution < 1.29 is 27.5 Å². The number of ether oxygens (including phenoxy) is 1. The number of nitrogens with one attached hydrogen (secondary N) is 1. The smallest absolute Gasteiger partial charge is 0.325 e. The van der Waals surface area contributed by atoms with Crippen molar-refractivity contribution >= 4 is 45.1 Å². The van der Waals surface area contributed by atoms with Crippen LogP contribution in [-0.2, 0) is 24.3 Å². The van der Waals surface area contributed by atoms with Crippen LogP contribution in [0.2, 0.25) is 5.02 Å². The molecular weight excluding hydrogens is 372 g/mol. The first-order valence-corrected chi connectivity index (χ1v) is 9.20. The predicted molar refractivity (Wildman–Crippen MR) is 90.9 cm³/mol.